The molecule has 2 aromatic rings. The third-order valence-electron chi connectivity index (χ3n) is 2.66. The Labute approximate surface area is 103 Å². The molecule has 6 nitrogen and oxygen atoms in total. The summed E-state index contributed by atoms with van der Waals surface area (Å²) >= 11 is 0. The van der Waals surface area contributed by atoms with Crippen LogP contribution < -0.4 is 22.5 Å². The number of rotatable bonds is 2. The van der Waals surface area contributed by atoms with E-state index in [4.69, 9.17) is 11.7 Å². The van der Waals surface area contributed by atoms with E-state index in [1.807, 2.05) is 0 Å². The van der Waals surface area contributed by atoms with Crippen molar-refractivity contribution in [2.45, 2.75) is 0 Å². The van der Waals surface area contributed by atoms with Crippen LogP contribution in [0.2, 0.25) is 0 Å². The lowest BCUT2D eigenvalue weighted by molar-refractivity contribution is 0.0952. The van der Waals surface area contributed by atoms with Gasteiger partial charge in [0.1, 0.15) is 0 Å². The highest BCUT2D eigenvalue weighted by Crippen LogP contribution is 2.23. The Morgan fingerprint density at radius 3 is 1.67 bits per heavy atom. The van der Waals surface area contributed by atoms with E-state index >= 15 is 0 Å². The van der Waals surface area contributed by atoms with Gasteiger partial charge in [-0.25, -0.2) is 11.7 Å². The van der Waals surface area contributed by atoms with Crippen LogP contribution >= 0.6 is 0 Å². The lowest BCUT2D eigenvalue weighted by Gasteiger charge is -2.09. The molecule has 0 aromatic heterocycles. The molecule has 92 valence electrons. The fourth-order valence-electron chi connectivity index (χ4n) is 1.87. The first-order chi connectivity index (χ1) is 8.69. The summed E-state index contributed by atoms with van der Waals surface area (Å²) in [5.41, 5.74) is 4.77. The topological polar surface area (TPSA) is 110 Å². The first kappa shape index (κ1) is 12.0. The molecular formula is C12H12N4O2. The number of carbonyl (C=O) groups excluding carboxylic acids is 2. The van der Waals surface area contributed by atoms with E-state index in [1.165, 1.54) is 0 Å². The summed E-state index contributed by atoms with van der Waals surface area (Å²) in [6.07, 6.45) is 0. The summed E-state index contributed by atoms with van der Waals surface area (Å²) in [5, 5.41) is 1.28. The van der Waals surface area contributed by atoms with Crippen LogP contribution in [0, 0.1) is 0 Å². The molecule has 0 saturated heterocycles. The van der Waals surface area contributed by atoms with Gasteiger partial charge in [-0.1, -0.05) is 24.3 Å². The summed E-state index contributed by atoms with van der Waals surface area (Å²) in [4.78, 5) is 23.4. The molecule has 0 aliphatic carbocycles. The standard InChI is InChI=1S/C12H12N4O2/c13-15-11(17)8-5-1-3-7-4-2-6-9(10(7)8)12(18)16-14/h1-6H,13-14H2,(H,15,17)(H,16,18). The van der Waals surface area contributed by atoms with Crippen molar-refractivity contribution < 1.29 is 9.59 Å². The van der Waals surface area contributed by atoms with Gasteiger partial charge >= 0.3 is 0 Å². The second kappa shape index (κ2) is 4.82. The molecule has 6 heteroatoms. The second-order valence-corrected chi connectivity index (χ2v) is 3.66. The minimum Gasteiger partial charge on any atom is -0.290 e. The highest BCUT2D eigenvalue weighted by atomic mass is 16.2. The number of amides is 2. The molecule has 0 unspecified atom stereocenters. The molecule has 0 spiro atoms. The number of hydrogen-bond acceptors (Lipinski definition) is 4. The van der Waals surface area contributed by atoms with Crippen LogP contribution in [0.4, 0.5) is 0 Å². The first-order valence-corrected chi connectivity index (χ1v) is 5.22. The van der Waals surface area contributed by atoms with E-state index in [9.17, 15) is 9.59 Å². The Kier molecular flexibility index (Phi) is 3.22. The van der Waals surface area contributed by atoms with Crippen LogP contribution in [-0.4, -0.2) is 11.8 Å². The van der Waals surface area contributed by atoms with Gasteiger partial charge in [0, 0.05) is 16.5 Å². The number of nitrogens with two attached hydrogens (primary N) is 2. The molecule has 2 rings (SSSR count). The molecule has 0 heterocycles. The van der Waals surface area contributed by atoms with E-state index in [-0.39, 0.29) is 0 Å². The first-order valence-electron chi connectivity index (χ1n) is 5.22. The van der Waals surface area contributed by atoms with Gasteiger partial charge in [-0.2, -0.15) is 0 Å². The van der Waals surface area contributed by atoms with Crippen LogP contribution in [0.3, 0.4) is 0 Å². The number of hydrazine groups is 2. The van der Waals surface area contributed by atoms with Crippen molar-refractivity contribution in [1.29, 1.82) is 0 Å². The zero-order valence-corrected chi connectivity index (χ0v) is 9.44. The number of nitrogen functional groups attached to an aromatic ring is 2. The Hall–Kier alpha value is -2.44. The molecule has 18 heavy (non-hydrogen) atoms. The smallest absolute Gasteiger partial charge is 0.265 e. The fraction of sp³-hybridized carbons (Fsp3) is 0. The SMILES string of the molecule is NNC(=O)c1cccc2cccc(C(=O)NN)c12. The molecule has 0 bridgehead atoms. The van der Waals surface area contributed by atoms with Gasteiger partial charge in [-0.3, -0.25) is 20.4 Å². The molecule has 0 fully saturated rings. The molecular weight excluding hydrogens is 232 g/mol. The molecule has 0 atom stereocenters. The van der Waals surface area contributed by atoms with Crippen molar-refractivity contribution in [3.8, 4) is 0 Å². The Balaban J connectivity index is 2.80. The Morgan fingerprint density at radius 1 is 0.833 bits per heavy atom. The third-order valence-corrected chi connectivity index (χ3v) is 2.66. The minimum atomic E-state index is -0.460. The number of fused-ring (bicyclic) bond motifs is 1. The van der Waals surface area contributed by atoms with Gasteiger partial charge in [0.2, 0.25) is 0 Å². The molecule has 0 aliphatic heterocycles. The fourth-order valence-corrected chi connectivity index (χ4v) is 1.87. The predicted molar refractivity (Wildman–Crippen MR) is 67.3 cm³/mol. The lowest BCUT2D eigenvalue weighted by atomic mass is 9.98. The third kappa shape index (κ3) is 1.90. The van der Waals surface area contributed by atoms with E-state index in [0.717, 1.165) is 5.39 Å². The van der Waals surface area contributed by atoms with Gasteiger partial charge in [0.15, 0.2) is 0 Å². The molecule has 2 aromatic carbocycles. The van der Waals surface area contributed by atoms with Crippen LogP contribution in [0.5, 0.6) is 0 Å². The molecule has 0 aliphatic rings. The molecule has 0 radical (unpaired) electrons. The normalized spacial score (nSPS) is 10.1. The van der Waals surface area contributed by atoms with Crippen LogP contribution in [0.1, 0.15) is 20.7 Å². The maximum absolute atomic E-state index is 11.7. The largest absolute Gasteiger partial charge is 0.290 e. The summed E-state index contributed by atoms with van der Waals surface area (Å²) in [6, 6.07) is 10.2. The summed E-state index contributed by atoms with van der Waals surface area (Å²) in [5.74, 6) is 9.34. The molecule has 2 amide bonds. The van der Waals surface area contributed by atoms with Crippen LogP contribution in [0.15, 0.2) is 36.4 Å². The minimum absolute atomic E-state index is 0.328. The Bertz CT molecular complexity index is 574. The average Bonchev–Trinajstić information content (AvgIpc) is 2.44. The lowest BCUT2D eigenvalue weighted by Crippen LogP contribution is -2.32. The summed E-state index contributed by atoms with van der Waals surface area (Å²) in [6.45, 7) is 0. The van der Waals surface area contributed by atoms with Crippen molar-refractivity contribution in [1.82, 2.24) is 10.9 Å². The van der Waals surface area contributed by atoms with Crippen LogP contribution in [-0.2, 0) is 0 Å². The van der Waals surface area contributed by atoms with Gasteiger partial charge in [0.05, 0.1) is 0 Å². The quantitative estimate of drug-likeness (QED) is 0.340. The number of carbonyl (C=O) groups is 2. The maximum atomic E-state index is 11.7. The second-order valence-electron chi connectivity index (χ2n) is 3.66. The number of benzene rings is 2. The van der Waals surface area contributed by atoms with Crippen molar-refractivity contribution >= 4 is 22.6 Å². The zero-order valence-electron chi connectivity index (χ0n) is 9.44. The van der Waals surface area contributed by atoms with E-state index < -0.39 is 11.8 Å². The van der Waals surface area contributed by atoms with Gasteiger partial charge < -0.3 is 0 Å². The summed E-state index contributed by atoms with van der Waals surface area (Å²) < 4.78 is 0. The molecule has 6 N–H and O–H groups in total. The monoisotopic (exact) mass is 244 g/mol. The highest BCUT2D eigenvalue weighted by molar-refractivity contribution is 6.15. The van der Waals surface area contributed by atoms with Crippen molar-refractivity contribution in [2.75, 3.05) is 0 Å². The highest BCUT2D eigenvalue weighted by Gasteiger charge is 2.15. The Morgan fingerprint density at radius 2 is 1.28 bits per heavy atom. The van der Waals surface area contributed by atoms with E-state index in [2.05, 4.69) is 10.9 Å². The van der Waals surface area contributed by atoms with Crippen molar-refractivity contribution in [2.24, 2.45) is 11.7 Å². The van der Waals surface area contributed by atoms with Gasteiger partial charge in [-0.05, 0) is 17.5 Å². The van der Waals surface area contributed by atoms with Gasteiger partial charge in [-0.15, -0.1) is 0 Å². The van der Waals surface area contributed by atoms with Crippen LogP contribution in [0.25, 0.3) is 10.8 Å². The van der Waals surface area contributed by atoms with Crippen molar-refractivity contribution in [3.05, 3.63) is 47.5 Å². The zero-order chi connectivity index (χ0) is 13.1. The summed E-state index contributed by atoms with van der Waals surface area (Å²) in [7, 11) is 0. The predicted octanol–water partition coefficient (Wildman–Crippen LogP) is 0.0468. The number of hydrogen-bond donors (Lipinski definition) is 4. The maximum Gasteiger partial charge on any atom is 0.265 e. The van der Waals surface area contributed by atoms with Crippen molar-refractivity contribution in [3.63, 3.8) is 0 Å². The average molecular weight is 244 g/mol. The van der Waals surface area contributed by atoms with E-state index in [1.54, 1.807) is 36.4 Å². The number of nitrogens with one attached hydrogen (secondary N) is 2. The molecule has 0 saturated carbocycles. The van der Waals surface area contributed by atoms with E-state index in [0.29, 0.717) is 16.5 Å². The van der Waals surface area contributed by atoms with Gasteiger partial charge in [0.25, 0.3) is 11.8 Å².